The molecule has 0 N–H and O–H groups in total. The van der Waals surface area contributed by atoms with Gasteiger partial charge in [-0.1, -0.05) is 6.07 Å². The Morgan fingerprint density at radius 1 is 1.44 bits per heavy atom. The second-order valence-electron chi connectivity index (χ2n) is 3.75. The van der Waals surface area contributed by atoms with Crippen LogP contribution in [0.25, 0.3) is 0 Å². The van der Waals surface area contributed by atoms with Gasteiger partial charge in [-0.3, -0.25) is 0 Å². The Labute approximate surface area is 106 Å². The lowest BCUT2D eigenvalue weighted by Gasteiger charge is -2.19. The van der Waals surface area contributed by atoms with E-state index in [1.807, 2.05) is 13.0 Å². The molecule has 0 saturated heterocycles. The lowest BCUT2D eigenvalue weighted by molar-refractivity contribution is -0.147. The highest BCUT2D eigenvalue weighted by Crippen LogP contribution is 2.24. The maximum absolute atomic E-state index is 11.8. The minimum absolute atomic E-state index is 0.223. The molecule has 0 aliphatic rings. The molecule has 0 bridgehead atoms. The first-order chi connectivity index (χ1) is 8.58. The molecule has 0 saturated carbocycles. The van der Waals surface area contributed by atoms with E-state index in [-0.39, 0.29) is 6.61 Å². The normalized spacial score (nSPS) is 13.2. The number of hydrogen-bond donors (Lipinski definition) is 0. The van der Waals surface area contributed by atoms with E-state index in [1.54, 1.807) is 25.1 Å². The topological polar surface area (TPSA) is 72.2 Å². The van der Waals surface area contributed by atoms with Crippen molar-refractivity contribution in [2.45, 2.75) is 26.2 Å². The van der Waals surface area contributed by atoms with Gasteiger partial charge in [0.25, 0.3) is 0 Å². The van der Waals surface area contributed by atoms with Crippen molar-refractivity contribution in [3.63, 3.8) is 0 Å². The van der Waals surface area contributed by atoms with Gasteiger partial charge in [0.1, 0.15) is 0 Å². The Morgan fingerprint density at radius 2 is 2.17 bits per heavy atom. The highest BCUT2D eigenvalue weighted by Gasteiger charge is 2.38. The summed E-state index contributed by atoms with van der Waals surface area (Å²) in [7, 11) is 0. The Bertz CT molecular complexity index is 468. The third-order valence-electron chi connectivity index (χ3n) is 2.44. The van der Waals surface area contributed by atoms with Crippen LogP contribution in [0.3, 0.4) is 0 Å². The molecule has 18 heavy (non-hydrogen) atoms. The molecule has 1 rings (SSSR count). The van der Waals surface area contributed by atoms with E-state index in [9.17, 15) is 10.1 Å². The fourth-order valence-electron chi connectivity index (χ4n) is 1.40. The first kappa shape index (κ1) is 14.0. The number of carbonyl (C=O) groups is 1. The lowest BCUT2D eigenvalue weighted by Crippen LogP contribution is -2.33. The van der Waals surface area contributed by atoms with Crippen molar-refractivity contribution in [3.8, 4) is 11.9 Å². The van der Waals surface area contributed by atoms with Crippen molar-refractivity contribution in [2.75, 3.05) is 13.2 Å². The van der Waals surface area contributed by atoms with Gasteiger partial charge in [-0.2, -0.15) is 5.26 Å². The fourth-order valence-corrected chi connectivity index (χ4v) is 1.40. The van der Waals surface area contributed by atoms with Crippen molar-refractivity contribution in [1.29, 1.82) is 5.26 Å². The standard InChI is InChI=1S/C13H16N2O3/c1-4-17-11-8-6-7-10(15-11)13(3,9-14)12(16)18-5-2/h6-8H,4-5H2,1-3H3. The van der Waals surface area contributed by atoms with Gasteiger partial charge in [0.15, 0.2) is 5.41 Å². The average molecular weight is 248 g/mol. The van der Waals surface area contributed by atoms with Crippen LogP contribution < -0.4 is 4.74 Å². The Kier molecular flexibility index (Phi) is 4.67. The minimum Gasteiger partial charge on any atom is -0.478 e. The van der Waals surface area contributed by atoms with E-state index in [1.165, 1.54) is 6.92 Å². The predicted octanol–water partition coefficient (Wildman–Crippen LogP) is 1.82. The van der Waals surface area contributed by atoms with Crippen LogP contribution >= 0.6 is 0 Å². The molecule has 1 aromatic heterocycles. The summed E-state index contributed by atoms with van der Waals surface area (Å²) in [5.74, 6) is -0.213. The number of carbonyl (C=O) groups excluding carboxylic acids is 1. The zero-order valence-electron chi connectivity index (χ0n) is 10.8. The molecular formula is C13H16N2O3. The summed E-state index contributed by atoms with van der Waals surface area (Å²) in [6, 6.07) is 6.94. The van der Waals surface area contributed by atoms with E-state index in [2.05, 4.69) is 4.98 Å². The van der Waals surface area contributed by atoms with Crippen LogP contribution in [0, 0.1) is 11.3 Å². The van der Waals surface area contributed by atoms with E-state index in [4.69, 9.17) is 9.47 Å². The lowest BCUT2D eigenvalue weighted by atomic mass is 9.88. The van der Waals surface area contributed by atoms with Gasteiger partial charge in [-0.05, 0) is 26.8 Å². The predicted molar refractivity (Wildman–Crippen MR) is 65.0 cm³/mol. The Balaban J connectivity index is 3.12. The summed E-state index contributed by atoms with van der Waals surface area (Å²) in [5.41, 5.74) is -1.09. The summed E-state index contributed by atoms with van der Waals surface area (Å²) < 4.78 is 10.2. The number of ether oxygens (including phenoxy) is 2. The molecule has 0 aromatic carbocycles. The van der Waals surface area contributed by atoms with Crippen LogP contribution in [0.1, 0.15) is 26.5 Å². The minimum atomic E-state index is -1.41. The van der Waals surface area contributed by atoms with Crippen LogP contribution in [0.4, 0.5) is 0 Å². The molecule has 5 heteroatoms. The highest BCUT2D eigenvalue weighted by atomic mass is 16.5. The summed E-state index contributed by atoms with van der Waals surface area (Å²) >= 11 is 0. The van der Waals surface area contributed by atoms with Crippen molar-refractivity contribution >= 4 is 5.97 Å². The Hall–Kier alpha value is -2.09. The summed E-state index contributed by atoms with van der Waals surface area (Å²) in [5, 5.41) is 9.22. The number of nitriles is 1. The number of rotatable bonds is 5. The van der Waals surface area contributed by atoms with Gasteiger partial charge in [0.05, 0.1) is 25.0 Å². The molecule has 0 radical (unpaired) electrons. The molecule has 0 amide bonds. The summed E-state index contributed by atoms with van der Waals surface area (Å²) in [6.07, 6.45) is 0. The highest BCUT2D eigenvalue weighted by molar-refractivity contribution is 5.85. The molecule has 0 aliphatic carbocycles. The molecule has 1 atom stereocenters. The number of hydrogen-bond acceptors (Lipinski definition) is 5. The summed E-state index contributed by atoms with van der Waals surface area (Å²) in [4.78, 5) is 16.0. The van der Waals surface area contributed by atoms with Crippen LogP contribution in [0.5, 0.6) is 5.88 Å². The van der Waals surface area contributed by atoms with Crippen LogP contribution in [0.15, 0.2) is 18.2 Å². The average Bonchev–Trinajstić information content (AvgIpc) is 2.38. The second-order valence-corrected chi connectivity index (χ2v) is 3.75. The largest absolute Gasteiger partial charge is 0.478 e. The third kappa shape index (κ3) is 2.77. The van der Waals surface area contributed by atoms with E-state index in [0.29, 0.717) is 18.2 Å². The van der Waals surface area contributed by atoms with E-state index < -0.39 is 11.4 Å². The maximum atomic E-state index is 11.8. The van der Waals surface area contributed by atoms with Gasteiger partial charge in [0, 0.05) is 6.07 Å². The first-order valence-corrected chi connectivity index (χ1v) is 5.77. The fraction of sp³-hybridized carbons (Fsp3) is 0.462. The van der Waals surface area contributed by atoms with Crippen molar-refractivity contribution < 1.29 is 14.3 Å². The first-order valence-electron chi connectivity index (χ1n) is 5.77. The van der Waals surface area contributed by atoms with Gasteiger partial charge in [0.2, 0.25) is 5.88 Å². The van der Waals surface area contributed by atoms with Gasteiger partial charge >= 0.3 is 5.97 Å². The molecule has 1 unspecified atom stereocenters. The molecule has 0 aliphatic heterocycles. The second kappa shape index (κ2) is 6.01. The summed E-state index contributed by atoms with van der Waals surface area (Å²) in [6.45, 7) is 5.71. The quantitative estimate of drug-likeness (QED) is 0.743. The van der Waals surface area contributed by atoms with Gasteiger partial charge in [-0.15, -0.1) is 0 Å². The van der Waals surface area contributed by atoms with Gasteiger partial charge in [-0.25, -0.2) is 9.78 Å². The van der Waals surface area contributed by atoms with Crippen molar-refractivity contribution in [3.05, 3.63) is 23.9 Å². The number of esters is 1. The van der Waals surface area contributed by atoms with Gasteiger partial charge < -0.3 is 9.47 Å². The van der Waals surface area contributed by atoms with E-state index >= 15 is 0 Å². The molecule has 0 spiro atoms. The van der Waals surface area contributed by atoms with Crippen LogP contribution in [-0.4, -0.2) is 24.2 Å². The van der Waals surface area contributed by atoms with Crippen LogP contribution in [0.2, 0.25) is 0 Å². The smallest absolute Gasteiger partial charge is 0.332 e. The van der Waals surface area contributed by atoms with E-state index in [0.717, 1.165) is 0 Å². The van der Waals surface area contributed by atoms with Crippen molar-refractivity contribution in [2.24, 2.45) is 0 Å². The Morgan fingerprint density at radius 3 is 2.72 bits per heavy atom. The zero-order chi connectivity index (χ0) is 13.6. The number of aromatic nitrogens is 1. The van der Waals surface area contributed by atoms with Crippen molar-refractivity contribution in [1.82, 2.24) is 4.98 Å². The molecule has 1 heterocycles. The maximum Gasteiger partial charge on any atom is 0.332 e. The molecule has 5 nitrogen and oxygen atoms in total. The molecule has 0 fully saturated rings. The third-order valence-corrected chi connectivity index (χ3v) is 2.44. The zero-order valence-corrected chi connectivity index (χ0v) is 10.8. The number of nitrogens with zero attached hydrogens (tertiary/aromatic N) is 2. The molecular weight excluding hydrogens is 232 g/mol. The van der Waals surface area contributed by atoms with Crippen LogP contribution in [-0.2, 0) is 14.9 Å². The molecule has 1 aromatic rings. The number of pyridine rings is 1. The SMILES string of the molecule is CCOC(=O)C(C)(C#N)c1cccc(OCC)n1. The monoisotopic (exact) mass is 248 g/mol. The molecule has 96 valence electrons.